The smallest absolute Gasteiger partial charge is 0.337 e. The van der Waals surface area contributed by atoms with Gasteiger partial charge in [-0.15, -0.1) is 0 Å². The monoisotopic (exact) mass is 445 g/mol. The van der Waals surface area contributed by atoms with E-state index in [4.69, 9.17) is 4.42 Å². The Morgan fingerprint density at radius 1 is 1.03 bits per heavy atom. The van der Waals surface area contributed by atoms with E-state index in [0.717, 1.165) is 16.7 Å². The number of carboxylic acid groups (broad SMARTS) is 1. The van der Waals surface area contributed by atoms with E-state index in [1.807, 2.05) is 26.8 Å². The second kappa shape index (κ2) is 8.90. The molecule has 0 spiro atoms. The summed E-state index contributed by atoms with van der Waals surface area (Å²) in [7, 11) is 0. The summed E-state index contributed by atoms with van der Waals surface area (Å²) in [6.45, 7) is 5.67. The number of aryl methyl sites for hydroxylation is 1. The number of anilines is 1. The fourth-order valence-corrected chi connectivity index (χ4v) is 4.09. The number of aromatic carboxylic acids is 1. The van der Waals surface area contributed by atoms with Crippen LogP contribution in [0.1, 0.15) is 58.4 Å². The Labute approximate surface area is 190 Å². The molecule has 2 unspecified atom stereocenters. The van der Waals surface area contributed by atoms with Gasteiger partial charge in [-0.3, -0.25) is 4.79 Å². The molecule has 168 valence electrons. The lowest BCUT2D eigenvalue weighted by Crippen LogP contribution is -2.15. The molecule has 0 saturated heterocycles. The molecule has 6 heteroatoms. The molecule has 0 radical (unpaired) electrons. The van der Waals surface area contributed by atoms with Gasteiger partial charge in [0.1, 0.15) is 11.4 Å². The van der Waals surface area contributed by atoms with E-state index in [9.17, 15) is 19.1 Å². The van der Waals surface area contributed by atoms with E-state index >= 15 is 0 Å². The minimum absolute atomic E-state index is 0.142. The van der Waals surface area contributed by atoms with Crippen molar-refractivity contribution in [3.8, 4) is 0 Å². The Balaban J connectivity index is 1.77. The third kappa shape index (κ3) is 4.37. The first-order valence-electron chi connectivity index (χ1n) is 10.7. The number of halogens is 1. The van der Waals surface area contributed by atoms with Crippen LogP contribution in [0.3, 0.4) is 0 Å². The first-order chi connectivity index (χ1) is 15.8. The normalized spacial score (nSPS) is 13.0. The molecule has 5 nitrogen and oxygen atoms in total. The molecule has 0 bridgehead atoms. The van der Waals surface area contributed by atoms with Gasteiger partial charge in [-0.1, -0.05) is 37.3 Å². The van der Waals surface area contributed by atoms with Crippen molar-refractivity contribution in [1.82, 2.24) is 0 Å². The molecule has 0 fully saturated rings. The summed E-state index contributed by atoms with van der Waals surface area (Å²) in [4.78, 5) is 25.0. The van der Waals surface area contributed by atoms with Crippen LogP contribution in [-0.4, -0.2) is 11.1 Å². The molecule has 1 heterocycles. The molecular weight excluding hydrogens is 421 g/mol. The van der Waals surface area contributed by atoms with Gasteiger partial charge in [0.2, 0.25) is 0 Å². The number of carboxylic acids is 1. The van der Waals surface area contributed by atoms with Gasteiger partial charge in [0, 0.05) is 22.7 Å². The minimum Gasteiger partial charge on any atom is -0.478 e. The highest BCUT2D eigenvalue weighted by Gasteiger charge is 2.20. The summed E-state index contributed by atoms with van der Waals surface area (Å²) in [5.41, 5.74) is 3.90. The van der Waals surface area contributed by atoms with Crippen molar-refractivity contribution >= 4 is 22.6 Å². The molecule has 0 saturated carbocycles. The maximum Gasteiger partial charge on any atom is 0.337 e. The van der Waals surface area contributed by atoms with Crippen LogP contribution in [0.4, 0.5) is 10.1 Å². The van der Waals surface area contributed by atoms with Crippen LogP contribution in [0.15, 0.2) is 76.1 Å². The molecule has 0 aliphatic rings. The molecule has 1 aromatic heterocycles. The Morgan fingerprint density at radius 3 is 2.42 bits per heavy atom. The number of fused-ring (bicyclic) bond motifs is 1. The lowest BCUT2D eigenvalue weighted by Gasteiger charge is -2.19. The summed E-state index contributed by atoms with van der Waals surface area (Å²) in [6, 6.07) is 16.1. The first-order valence-corrected chi connectivity index (χ1v) is 10.7. The van der Waals surface area contributed by atoms with E-state index < -0.39 is 5.97 Å². The second-order valence-electron chi connectivity index (χ2n) is 8.24. The zero-order valence-electron chi connectivity index (χ0n) is 18.6. The number of para-hydroxylation sites is 1. The van der Waals surface area contributed by atoms with Gasteiger partial charge in [0.25, 0.3) is 0 Å². The second-order valence-corrected chi connectivity index (χ2v) is 8.24. The zero-order valence-corrected chi connectivity index (χ0v) is 18.6. The third-order valence-electron chi connectivity index (χ3n) is 5.91. The lowest BCUT2D eigenvalue weighted by atomic mass is 9.92. The van der Waals surface area contributed by atoms with E-state index in [1.54, 1.807) is 36.4 Å². The molecule has 33 heavy (non-hydrogen) atoms. The predicted octanol–water partition coefficient (Wildman–Crippen LogP) is 6.26. The number of benzene rings is 3. The molecule has 2 N–H and O–H groups in total. The third-order valence-corrected chi connectivity index (χ3v) is 5.91. The highest BCUT2D eigenvalue weighted by Crippen LogP contribution is 2.30. The van der Waals surface area contributed by atoms with Crippen molar-refractivity contribution in [2.24, 2.45) is 0 Å². The van der Waals surface area contributed by atoms with Gasteiger partial charge in [-0.2, -0.15) is 0 Å². The van der Waals surface area contributed by atoms with Crippen LogP contribution in [0.5, 0.6) is 0 Å². The van der Waals surface area contributed by atoms with Gasteiger partial charge in [-0.25, -0.2) is 9.18 Å². The van der Waals surface area contributed by atoms with Crippen LogP contribution < -0.4 is 10.7 Å². The number of rotatable bonds is 6. The van der Waals surface area contributed by atoms with Crippen molar-refractivity contribution in [2.45, 2.75) is 32.7 Å². The lowest BCUT2D eigenvalue weighted by molar-refractivity contribution is 0.0698. The van der Waals surface area contributed by atoms with Crippen molar-refractivity contribution in [2.75, 3.05) is 5.32 Å². The molecular formula is C27H24FNO4. The van der Waals surface area contributed by atoms with E-state index in [2.05, 4.69) is 5.32 Å². The molecule has 2 atom stereocenters. The number of hydrogen-bond donors (Lipinski definition) is 2. The van der Waals surface area contributed by atoms with Gasteiger partial charge >= 0.3 is 5.97 Å². The summed E-state index contributed by atoms with van der Waals surface area (Å²) in [5.74, 6) is -1.62. The maximum atomic E-state index is 13.4. The molecule has 0 amide bonds. The van der Waals surface area contributed by atoms with Crippen molar-refractivity contribution in [1.29, 1.82) is 0 Å². The van der Waals surface area contributed by atoms with Gasteiger partial charge in [-0.05, 0) is 55.3 Å². The average molecular weight is 445 g/mol. The first kappa shape index (κ1) is 22.3. The highest BCUT2D eigenvalue weighted by molar-refractivity contribution is 5.94. The fraction of sp³-hybridized carbons (Fsp3) is 0.185. The van der Waals surface area contributed by atoms with E-state index in [-0.39, 0.29) is 28.8 Å². The Bertz CT molecular complexity index is 1390. The van der Waals surface area contributed by atoms with E-state index in [0.29, 0.717) is 22.2 Å². The van der Waals surface area contributed by atoms with Crippen LogP contribution >= 0.6 is 0 Å². The minimum atomic E-state index is -1.02. The average Bonchev–Trinajstić information content (AvgIpc) is 2.79. The largest absolute Gasteiger partial charge is 0.478 e. The van der Waals surface area contributed by atoms with Crippen LogP contribution in [0.25, 0.3) is 11.0 Å². The van der Waals surface area contributed by atoms with Gasteiger partial charge < -0.3 is 14.8 Å². The quantitative estimate of drug-likeness (QED) is 0.366. The standard InChI is InChI=1S/C27H24FNO4/c1-15-12-21(17(3)29-24-7-5-4-6-20(24)27(31)32)26-22(13-15)25(30)23(14-33-26)16(2)18-8-10-19(28)11-9-18/h4-14,16-17,29H,1-3H3,(H,31,32). The van der Waals surface area contributed by atoms with Crippen LogP contribution in [0.2, 0.25) is 0 Å². The topological polar surface area (TPSA) is 79.5 Å². The van der Waals surface area contributed by atoms with Crippen LogP contribution in [-0.2, 0) is 0 Å². The molecule has 4 rings (SSSR count). The number of carbonyl (C=O) groups is 1. The molecule has 0 aliphatic heterocycles. The number of hydrogen-bond acceptors (Lipinski definition) is 4. The van der Waals surface area contributed by atoms with Gasteiger partial charge in [0.05, 0.1) is 23.3 Å². The van der Waals surface area contributed by atoms with Crippen LogP contribution in [0, 0.1) is 12.7 Å². The van der Waals surface area contributed by atoms with E-state index in [1.165, 1.54) is 24.5 Å². The predicted molar refractivity (Wildman–Crippen MR) is 127 cm³/mol. The summed E-state index contributed by atoms with van der Waals surface area (Å²) in [6.07, 6.45) is 1.47. The van der Waals surface area contributed by atoms with Crippen molar-refractivity contribution in [3.63, 3.8) is 0 Å². The summed E-state index contributed by atoms with van der Waals surface area (Å²) >= 11 is 0. The van der Waals surface area contributed by atoms with Crippen molar-refractivity contribution < 1.29 is 18.7 Å². The fourth-order valence-electron chi connectivity index (χ4n) is 4.09. The van der Waals surface area contributed by atoms with Crippen molar-refractivity contribution in [3.05, 3.63) is 111 Å². The Morgan fingerprint density at radius 2 is 1.73 bits per heavy atom. The zero-order chi connectivity index (χ0) is 23.7. The Kier molecular flexibility index (Phi) is 6.01. The summed E-state index contributed by atoms with van der Waals surface area (Å²) in [5, 5.41) is 13.2. The number of nitrogens with one attached hydrogen (secondary N) is 1. The van der Waals surface area contributed by atoms with Gasteiger partial charge in [0.15, 0.2) is 5.43 Å². The summed E-state index contributed by atoms with van der Waals surface area (Å²) < 4.78 is 19.3. The SMILES string of the molecule is Cc1cc(C(C)Nc2ccccc2C(=O)O)c2occ(C(C)c3ccc(F)cc3)c(=O)c2c1. The molecule has 4 aromatic rings. The molecule has 0 aliphatic carbocycles. The highest BCUT2D eigenvalue weighted by atomic mass is 19.1. The Hall–Kier alpha value is -3.93. The maximum absolute atomic E-state index is 13.4. The molecule has 3 aromatic carbocycles.